The molecular weight excluding hydrogens is 354 g/mol. The van der Waals surface area contributed by atoms with Gasteiger partial charge in [0.1, 0.15) is 5.41 Å². The molecule has 0 atom stereocenters. The lowest BCUT2D eigenvalue weighted by atomic mass is 10.1. The fourth-order valence-corrected chi connectivity index (χ4v) is 3.32. The van der Waals surface area contributed by atoms with Crippen molar-refractivity contribution in [2.24, 2.45) is 0 Å². The molecule has 4 rings (SSSR count). The molecule has 0 spiro atoms. The summed E-state index contributed by atoms with van der Waals surface area (Å²) in [6.45, 7) is 2.67. The minimum absolute atomic E-state index is 0.0100. The third kappa shape index (κ3) is 2.87. The molecule has 1 aromatic carbocycles. The lowest BCUT2D eigenvalue weighted by Gasteiger charge is -2.11. The minimum atomic E-state index is -0.645. The Hall–Kier alpha value is -3.40. The number of methoxy groups -OCH3 is 1. The number of ether oxygens (including phenoxy) is 1. The van der Waals surface area contributed by atoms with Crippen LogP contribution in [-0.2, 0) is 10.2 Å². The Morgan fingerprint density at radius 1 is 1.29 bits per heavy atom. The summed E-state index contributed by atoms with van der Waals surface area (Å²) >= 11 is 0. The second-order valence-corrected chi connectivity index (χ2v) is 6.98. The number of fused-ring (bicyclic) bond motifs is 1. The summed E-state index contributed by atoms with van der Waals surface area (Å²) in [5.74, 6) is 1.12. The molecule has 0 bridgehead atoms. The van der Waals surface area contributed by atoms with Gasteiger partial charge in [0.15, 0.2) is 17.2 Å². The van der Waals surface area contributed by atoms with Crippen LogP contribution in [0.1, 0.15) is 37.6 Å². The van der Waals surface area contributed by atoms with Gasteiger partial charge in [-0.3, -0.25) is 4.79 Å². The average Bonchev–Trinajstić information content (AvgIpc) is 3.43. The number of hydrogen-bond donors (Lipinski definition) is 1. The fourth-order valence-electron chi connectivity index (χ4n) is 3.32. The molecule has 2 aromatic heterocycles. The SMILES string of the molecule is CCCNC(=O)C1(c2nc3c(OC)ccc(-c4ccc(C#N)cc4)n3n2)CC1. The molecule has 0 aliphatic heterocycles. The number of nitriles is 1. The van der Waals surface area contributed by atoms with E-state index in [1.165, 1.54) is 0 Å². The first-order valence-electron chi connectivity index (χ1n) is 9.36. The Labute approximate surface area is 163 Å². The molecule has 142 valence electrons. The zero-order valence-corrected chi connectivity index (χ0v) is 15.9. The molecule has 1 amide bonds. The van der Waals surface area contributed by atoms with Crippen LogP contribution in [0, 0.1) is 11.3 Å². The Balaban J connectivity index is 1.81. The second kappa shape index (κ2) is 6.97. The number of nitrogens with one attached hydrogen (secondary N) is 1. The van der Waals surface area contributed by atoms with Crippen molar-refractivity contribution in [2.75, 3.05) is 13.7 Å². The topological polar surface area (TPSA) is 92.3 Å². The van der Waals surface area contributed by atoms with E-state index in [0.717, 1.165) is 30.5 Å². The van der Waals surface area contributed by atoms with E-state index >= 15 is 0 Å². The standard InChI is InChI=1S/C21H21N5O2/c1-3-12-23-20(27)21(10-11-21)19-24-18-17(28-2)9-8-16(26(18)25-19)15-6-4-14(13-22)5-7-15/h4-9H,3,10-12H2,1-2H3,(H,23,27). The number of benzene rings is 1. The largest absolute Gasteiger partial charge is 0.493 e. The number of carbonyl (C=O) groups is 1. The van der Waals surface area contributed by atoms with Gasteiger partial charge in [-0.2, -0.15) is 5.26 Å². The van der Waals surface area contributed by atoms with E-state index in [-0.39, 0.29) is 5.91 Å². The van der Waals surface area contributed by atoms with Gasteiger partial charge in [0, 0.05) is 12.1 Å². The number of carbonyl (C=O) groups excluding carboxylic acids is 1. The number of hydrogen-bond acceptors (Lipinski definition) is 5. The number of pyridine rings is 1. The van der Waals surface area contributed by atoms with Crippen molar-refractivity contribution >= 4 is 11.6 Å². The highest BCUT2D eigenvalue weighted by Crippen LogP contribution is 2.47. The number of amides is 1. The van der Waals surface area contributed by atoms with Crippen molar-refractivity contribution < 1.29 is 9.53 Å². The van der Waals surface area contributed by atoms with Crippen LogP contribution in [0.5, 0.6) is 5.75 Å². The highest BCUT2D eigenvalue weighted by atomic mass is 16.5. The zero-order chi connectivity index (χ0) is 19.7. The molecule has 1 saturated carbocycles. The van der Waals surface area contributed by atoms with Gasteiger partial charge in [-0.05, 0) is 43.5 Å². The van der Waals surface area contributed by atoms with Gasteiger partial charge in [0.2, 0.25) is 5.91 Å². The summed E-state index contributed by atoms with van der Waals surface area (Å²) in [4.78, 5) is 17.4. The van der Waals surface area contributed by atoms with Gasteiger partial charge < -0.3 is 10.1 Å². The average molecular weight is 375 g/mol. The lowest BCUT2D eigenvalue weighted by molar-refractivity contribution is -0.123. The summed E-state index contributed by atoms with van der Waals surface area (Å²) in [5.41, 5.74) is 2.26. The molecular formula is C21H21N5O2. The van der Waals surface area contributed by atoms with Gasteiger partial charge in [0.05, 0.1) is 24.4 Å². The second-order valence-electron chi connectivity index (χ2n) is 6.98. The van der Waals surface area contributed by atoms with Crippen LogP contribution in [0.4, 0.5) is 0 Å². The van der Waals surface area contributed by atoms with Gasteiger partial charge in [0.25, 0.3) is 0 Å². The van der Waals surface area contributed by atoms with Crippen molar-refractivity contribution in [1.82, 2.24) is 19.9 Å². The number of aromatic nitrogens is 3. The van der Waals surface area contributed by atoms with Crippen molar-refractivity contribution in [3.05, 3.63) is 47.8 Å². The van der Waals surface area contributed by atoms with Crippen molar-refractivity contribution in [2.45, 2.75) is 31.6 Å². The molecule has 1 fully saturated rings. The van der Waals surface area contributed by atoms with Gasteiger partial charge in [-0.15, -0.1) is 5.10 Å². The first-order chi connectivity index (χ1) is 13.6. The molecule has 2 heterocycles. The van der Waals surface area contributed by atoms with E-state index in [1.54, 1.807) is 23.8 Å². The fraction of sp³-hybridized carbons (Fsp3) is 0.333. The normalized spacial score (nSPS) is 14.5. The molecule has 1 aliphatic carbocycles. The van der Waals surface area contributed by atoms with Crippen molar-refractivity contribution in [3.8, 4) is 23.1 Å². The Morgan fingerprint density at radius 2 is 2.04 bits per heavy atom. The monoisotopic (exact) mass is 375 g/mol. The first kappa shape index (κ1) is 18.0. The molecule has 7 nitrogen and oxygen atoms in total. The minimum Gasteiger partial charge on any atom is -0.493 e. The molecule has 0 saturated heterocycles. The molecule has 28 heavy (non-hydrogen) atoms. The predicted molar refractivity (Wildman–Crippen MR) is 104 cm³/mol. The molecule has 3 aromatic rings. The van der Waals surface area contributed by atoms with Crippen LogP contribution < -0.4 is 10.1 Å². The summed E-state index contributed by atoms with van der Waals surface area (Å²) < 4.78 is 7.18. The van der Waals surface area contributed by atoms with E-state index in [9.17, 15) is 4.79 Å². The maximum atomic E-state index is 12.7. The summed E-state index contributed by atoms with van der Waals surface area (Å²) in [7, 11) is 1.59. The molecule has 7 heteroatoms. The lowest BCUT2D eigenvalue weighted by Crippen LogP contribution is -2.35. The molecule has 0 unspecified atom stereocenters. The van der Waals surface area contributed by atoms with E-state index < -0.39 is 5.41 Å². The predicted octanol–water partition coefficient (Wildman–Crippen LogP) is 2.83. The van der Waals surface area contributed by atoms with E-state index in [4.69, 9.17) is 15.1 Å². The Morgan fingerprint density at radius 3 is 2.64 bits per heavy atom. The summed E-state index contributed by atoms with van der Waals surface area (Å²) in [6.07, 6.45) is 2.37. The maximum Gasteiger partial charge on any atom is 0.233 e. The number of nitrogens with zero attached hydrogens (tertiary/aromatic N) is 4. The van der Waals surface area contributed by atoms with Gasteiger partial charge >= 0.3 is 0 Å². The first-order valence-corrected chi connectivity index (χ1v) is 9.36. The van der Waals surface area contributed by atoms with Crippen LogP contribution in [0.2, 0.25) is 0 Å². The van der Waals surface area contributed by atoms with E-state index in [2.05, 4.69) is 16.4 Å². The Bertz CT molecular complexity index is 1070. The third-order valence-electron chi connectivity index (χ3n) is 5.13. The smallest absolute Gasteiger partial charge is 0.233 e. The zero-order valence-electron chi connectivity index (χ0n) is 15.9. The summed E-state index contributed by atoms with van der Waals surface area (Å²) in [5, 5.41) is 16.7. The third-order valence-corrected chi connectivity index (χ3v) is 5.13. The highest BCUT2D eigenvalue weighted by Gasteiger charge is 2.54. The highest BCUT2D eigenvalue weighted by molar-refractivity contribution is 5.90. The molecule has 1 aliphatic rings. The van der Waals surface area contributed by atoms with Gasteiger partial charge in [-0.25, -0.2) is 9.50 Å². The van der Waals surface area contributed by atoms with Crippen molar-refractivity contribution in [3.63, 3.8) is 0 Å². The van der Waals surface area contributed by atoms with Crippen LogP contribution >= 0.6 is 0 Å². The van der Waals surface area contributed by atoms with E-state index in [1.807, 2.05) is 31.2 Å². The maximum absolute atomic E-state index is 12.7. The quantitative estimate of drug-likeness (QED) is 0.715. The number of rotatable bonds is 6. The van der Waals surface area contributed by atoms with Crippen LogP contribution in [0.25, 0.3) is 16.9 Å². The van der Waals surface area contributed by atoms with Crippen LogP contribution in [0.3, 0.4) is 0 Å². The Kier molecular flexibility index (Phi) is 4.47. The van der Waals surface area contributed by atoms with E-state index in [0.29, 0.717) is 29.3 Å². The van der Waals surface area contributed by atoms with Crippen LogP contribution in [-0.4, -0.2) is 34.2 Å². The molecule has 1 N–H and O–H groups in total. The molecule has 0 radical (unpaired) electrons. The van der Waals surface area contributed by atoms with Crippen LogP contribution in [0.15, 0.2) is 36.4 Å². The summed E-state index contributed by atoms with van der Waals surface area (Å²) in [6, 6.07) is 13.2. The van der Waals surface area contributed by atoms with Crippen molar-refractivity contribution in [1.29, 1.82) is 5.26 Å². The van der Waals surface area contributed by atoms with Gasteiger partial charge in [-0.1, -0.05) is 19.1 Å².